The molecule has 0 spiro atoms. The second-order valence-electron chi connectivity index (χ2n) is 27.9. The van der Waals surface area contributed by atoms with E-state index in [0.29, 0.717) is 0 Å². The van der Waals surface area contributed by atoms with E-state index >= 15 is 0 Å². The smallest absolute Gasteiger partial charge is 0.0465 e. The summed E-state index contributed by atoms with van der Waals surface area (Å²) in [6.07, 6.45) is 37.2. The molecular formula is C86H103BrN2. The first-order valence-electron chi connectivity index (χ1n) is 35.9. The molecule has 6 aliphatic rings. The van der Waals surface area contributed by atoms with Gasteiger partial charge in [-0.05, 0) is 240 Å². The van der Waals surface area contributed by atoms with E-state index in [-0.39, 0.29) is 10.8 Å². The molecule has 89 heavy (non-hydrogen) atoms. The second-order valence-corrected chi connectivity index (χ2v) is 28.8. The highest BCUT2D eigenvalue weighted by Gasteiger charge is 2.43. The summed E-state index contributed by atoms with van der Waals surface area (Å²) in [7, 11) is 0. The summed E-state index contributed by atoms with van der Waals surface area (Å²) in [5.74, 6) is 3.05. The summed E-state index contributed by atoms with van der Waals surface area (Å²) < 4.78 is 1.19. The Balaban J connectivity index is 0.000000148. The standard InChI is InChI=1S/C43H51N.C31H37N.C12H15Br/c1-3-29-43(30-4-2)41-18-12-11-17-39(41)40-28-27-38(31-42(40)43)44(36-23-19-34(20-24-36)32-13-7-5-8-14-32)37-25-21-35(22-26-37)33-15-9-6-10-16-33;1-3-20-31(21-4-2)29-13-9-8-12-27(29)28-19-18-26(22-30(28)31)32-25-16-14-24(15-17-25)23-10-6-5-7-11-23;13-12-8-6-11(7-9-12)10-4-2-1-3-5-10/h11-12,17-28,31-33H,3-10,13-16,29-30H2,1-2H3;8-9,12-19,22-23,32H,3-7,10-11,20-21H2,1-2H3;6-10H,1-5H2. The van der Waals surface area contributed by atoms with Crippen LogP contribution in [0.4, 0.5) is 28.4 Å². The molecule has 8 aromatic carbocycles. The van der Waals surface area contributed by atoms with Crippen LogP contribution in [0, 0.1) is 0 Å². The maximum atomic E-state index is 3.71. The normalized spacial score (nSPS) is 17.9. The number of nitrogens with zero attached hydrogens (tertiary/aromatic N) is 1. The van der Waals surface area contributed by atoms with E-state index in [2.05, 4.69) is 236 Å². The first kappa shape index (κ1) is 63.0. The molecule has 2 nitrogen and oxygen atoms in total. The van der Waals surface area contributed by atoms with Crippen LogP contribution in [0.25, 0.3) is 22.3 Å². The lowest BCUT2D eigenvalue weighted by Crippen LogP contribution is -2.25. The van der Waals surface area contributed by atoms with Gasteiger partial charge >= 0.3 is 0 Å². The Labute approximate surface area is 546 Å². The van der Waals surface area contributed by atoms with E-state index in [1.807, 2.05) is 0 Å². The molecule has 0 bridgehead atoms. The van der Waals surface area contributed by atoms with Gasteiger partial charge in [-0.25, -0.2) is 0 Å². The number of fused-ring (bicyclic) bond motifs is 6. The number of anilines is 5. The van der Waals surface area contributed by atoms with Crippen LogP contribution in [0.2, 0.25) is 0 Å². The third-order valence-electron chi connectivity index (χ3n) is 22.2. The van der Waals surface area contributed by atoms with Gasteiger partial charge in [-0.2, -0.15) is 0 Å². The van der Waals surface area contributed by atoms with E-state index in [0.717, 1.165) is 23.7 Å². The molecule has 0 atom stereocenters. The van der Waals surface area contributed by atoms with Crippen LogP contribution in [0.5, 0.6) is 0 Å². The Morgan fingerprint density at radius 1 is 0.326 bits per heavy atom. The highest BCUT2D eigenvalue weighted by atomic mass is 79.9. The van der Waals surface area contributed by atoms with Gasteiger partial charge in [-0.15, -0.1) is 0 Å². The number of hydrogen-bond acceptors (Lipinski definition) is 2. The van der Waals surface area contributed by atoms with Crippen molar-refractivity contribution in [2.45, 2.75) is 242 Å². The van der Waals surface area contributed by atoms with Crippen LogP contribution in [0.3, 0.4) is 0 Å². The van der Waals surface area contributed by atoms with E-state index in [1.165, 1.54) is 279 Å². The number of nitrogens with one attached hydrogen (secondary N) is 1. The molecule has 14 rings (SSSR count). The summed E-state index contributed by atoms with van der Waals surface area (Å²) in [6.45, 7) is 9.37. The van der Waals surface area contributed by atoms with Gasteiger partial charge in [0.25, 0.3) is 0 Å². The summed E-state index contributed by atoms with van der Waals surface area (Å²) in [5.41, 5.74) is 24.4. The molecule has 0 unspecified atom stereocenters. The van der Waals surface area contributed by atoms with Crippen LogP contribution in [0.15, 0.2) is 186 Å². The third-order valence-corrected chi connectivity index (χ3v) is 22.7. The molecule has 1 N–H and O–H groups in total. The Kier molecular flexibility index (Phi) is 21.1. The molecule has 0 amide bonds. The van der Waals surface area contributed by atoms with Gasteiger partial charge in [0.05, 0.1) is 0 Å². The summed E-state index contributed by atoms with van der Waals surface area (Å²) in [6, 6.07) is 70.1. The molecular weight excluding hydrogens is 1140 g/mol. The van der Waals surface area contributed by atoms with Gasteiger partial charge < -0.3 is 10.2 Å². The minimum Gasteiger partial charge on any atom is -0.356 e. The highest BCUT2D eigenvalue weighted by molar-refractivity contribution is 9.10. The van der Waals surface area contributed by atoms with Gasteiger partial charge in [0, 0.05) is 43.7 Å². The minimum atomic E-state index is 0.0901. The lowest BCUT2D eigenvalue weighted by Gasteiger charge is -2.33. The fourth-order valence-electron chi connectivity index (χ4n) is 17.9. The molecule has 0 saturated heterocycles. The van der Waals surface area contributed by atoms with Crippen molar-refractivity contribution >= 4 is 44.4 Å². The van der Waals surface area contributed by atoms with Gasteiger partial charge in [-0.1, -0.05) is 256 Å². The monoisotopic (exact) mass is 1240 g/mol. The highest BCUT2D eigenvalue weighted by Crippen LogP contribution is 2.57. The quantitative estimate of drug-likeness (QED) is 0.0977. The Bertz CT molecular complexity index is 3440. The van der Waals surface area contributed by atoms with Crippen molar-refractivity contribution in [1.29, 1.82) is 0 Å². The molecule has 4 saturated carbocycles. The predicted molar refractivity (Wildman–Crippen MR) is 387 cm³/mol. The topological polar surface area (TPSA) is 15.3 Å². The third kappa shape index (κ3) is 13.9. The fraction of sp³-hybridized carbons (Fsp3) is 0.442. The maximum Gasteiger partial charge on any atom is 0.0465 e. The van der Waals surface area contributed by atoms with Crippen LogP contribution >= 0.6 is 15.9 Å². The SMILES string of the molecule is Brc1ccc(C2CCCCC2)cc1.CCCC1(CCC)c2ccccc2-c2ccc(N(c3ccc(C4CCCCC4)cc3)c3ccc(C4CCCCC4)cc3)cc21.CCCC1(CCC)c2ccccc2-c2ccc(Nc3ccc(C4CCCCC4)cc3)cc21. The van der Waals surface area contributed by atoms with Gasteiger partial charge in [0.1, 0.15) is 0 Å². The first-order valence-corrected chi connectivity index (χ1v) is 36.7. The number of rotatable bonds is 17. The first-order chi connectivity index (χ1) is 43.8. The second kappa shape index (κ2) is 29.9. The van der Waals surface area contributed by atoms with Crippen molar-refractivity contribution < 1.29 is 0 Å². The lowest BCUT2D eigenvalue weighted by atomic mass is 9.71. The largest absolute Gasteiger partial charge is 0.356 e. The van der Waals surface area contributed by atoms with Crippen molar-refractivity contribution in [3.8, 4) is 22.3 Å². The average Bonchev–Trinajstić information content (AvgIpc) is 1.60. The Morgan fingerprint density at radius 3 is 1.03 bits per heavy atom. The number of halogens is 1. The zero-order chi connectivity index (χ0) is 61.0. The van der Waals surface area contributed by atoms with Crippen molar-refractivity contribution in [3.63, 3.8) is 0 Å². The number of benzene rings is 8. The minimum absolute atomic E-state index is 0.0901. The van der Waals surface area contributed by atoms with Crippen molar-refractivity contribution in [3.05, 3.63) is 231 Å². The predicted octanol–water partition coefficient (Wildman–Crippen LogP) is 27.0. The van der Waals surface area contributed by atoms with E-state index < -0.39 is 0 Å². The van der Waals surface area contributed by atoms with E-state index in [4.69, 9.17) is 0 Å². The van der Waals surface area contributed by atoms with Gasteiger partial charge in [0.2, 0.25) is 0 Å². The molecule has 3 heteroatoms. The van der Waals surface area contributed by atoms with E-state index in [9.17, 15) is 0 Å². The number of hydrogen-bond donors (Lipinski definition) is 1. The molecule has 464 valence electrons. The van der Waals surface area contributed by atoms with Crippen LogP contribution < -0.4 is 10.2 Å². The Morgan fingerprint density at radius 2 is 0.640 bits per heavy atom. The summed E-state index contributed by atoms with van der Waals surface area (Å²) in [5, 5.41) is 3.71. The zero-order valence-electron chi connectivity index (χ0n) is 54.8. The molecule has 4 fully saturated rings. The molecule has 6 aliphatic carbocycles. The van der Waals surface area contributed by atoms with Crippen LogP contribution in [-0.4, -0.2) is 0 Å². The van der Waals surface area contributed by atoms with Crippen molar-refractivity contribution in [2.75, 3.05) is 10.2 Å². The molecule has 0 aliphatic heterocycles. The van der Waals surface area contributed by atoms with Gasteiger partial charge in [-0.3, -0.25) is 0 Å². The van der Waals surface area contributed by atoms with Crippen LogP contribution in [0.1, 0.15) is 276 Å². The average molecular weight is 1240 g/mol. The van der Waals surface area contributed by atoms with Crippen LogP contribution in [-0.2, 0) is 10.8 Å². The molecule has 0 aromatic heterocycles. The molecule has 8 aromatic rings. The lowest BCUT2D eigenvalue weighted by molar-refractivity contribution is 0.436. The molecule has 0 radical (unpaired) electrons. The zero-order valence-corrected chi connectivity index (χ0v) is 56.3. The van der Waals surface area contributed by atoms with Crippen molar-refractivity contribution in [1.82, 2.24) is 0 Å². The van der Waals surface area contributed by atoms with E-state index in [1.54, 1.807) is 0 Å². The summed E-state index contributed by atoms with van der Waals surface area (Å²) in [4.78, 5) is 2.53. The maximum absolute atomic E-state index is 3.71. The molecule has 0 heterocycles. The Hall–Kier alpha value is -6.16. The summed E-state index contributed by atoms with van der Waals surface area (Å²) >= 11 is 3.47. The van der Waals surface area contributed by atoms with Crippen molar-refractivity contribution in [2.24, 2.45) is 0 Å². The fourth-order valence-corrected chi connectivity index (χ4v) is 18.1. The van der Waals surface area contributed by atoms with Gasteiger partial charge in [0.15, 0.2) is 0 Å².